The molecule has 1 saturated carbocycles. The Balaban J connectivity index is 1.46. The minimum Gasteiger partial charge on any atom is -0.359 e. The van der Waals surface area contributed by atoms with Crippen LogP contribution in [-0.2, 0) is 6.42 Å². The molecule has 0 radical (unpaired) electrons. The Bertz CT molecular complexity index is 931. The number of halogens is 1. The highest BCUT2D eigenvalue weighted by Gasteiger charge is 2.29. The Morgan fingerprint density at radius 2 is 2.04 bits per heavy atom. The molecule has 0 amide bonds. The Hall–Kier alpha value is -2.54. The summed E-state index contributed by atoms with van der Waals surface area (Å²) in [7, 11) is 2.01. The quantitative estimate of drug-likeness (QED) is 0.736. The second kappa shape index (κ2) is 6.64. The number of anilines is 1. The number of fused-ring (bicyclic) bond motifs is 1. The number of aromatic amines is 1. The van der Waals surface area contributed by atoms with Crippen LogP contribution >= 0.6 is 0 Å². The van der Waals surface area contributed by atoms with Gasteiger partial charge in [-0.3, -0.25) is 0 Å². The molecule has 0 spiro atoms. The second-order valence-corrected chi connectivity index (χ2v) is 7.14. The summed E-state index contributed by atoms with van der Waals surface area (Å²) < 4.78 is 13.3. The molecule has 2 heterocycles. The maximum Gasteiger partial charge on any atom is 0.132 e. The smallest absolute Gasteiger partial charge is 0.132 e. The van der Waals surface area contributed by atoms with E-state index >= 15 is 0 Å². The van der Waals surface area contributed by atoms with Crippen LogP contribution in [0, 0.1) is 12.7 Å². The van der Waals surface area contributed by atoms with Crippen LogP contribution in [0.15, 0.2) is 24.3 Å². The number of hydrogen-bond acceptors (Lipinski definition) is 5. The molecule has 1 aliphatic rings. The average molecular weight is 354 g/mol. The van der Waals surface area contributed by atoms with Crippen molar-refractivity contribution in [3.05, 3.63) is 47.4 Å². The fourth-order valence-electron chi connectivity index (χ4n) is 3.42. The monoisotopic (exact) mass is 354 g/mol. The van der Waals surface area contributed by atoms with Gasteiger partial charge in [-0.25, -0.2) is 19.3 Å². The largest absolute Gasteiger partial charge is 0.359 e. The lowest BCUT2D eigenvalue weighted by Crippen LogP contribution is -2.35. The number of imidazole rings is 1. The zero-order valence-electron chi connectivity index (χ0n) is 15.0. The number of nitrogens with zero attached hydrogens (tertiary/aromatic N) is 4. The van der Waals surface area contributed by atoms with E-state index in [-0.39, 0.29) is 5.82 Å². The number of H-pyrrole nitrogens is 1. The number of aromatic nitrogens is 4. The van der Waals surface area contributed by atoms with Gasteiger partial charge in [-0.05, 0) is 38.0 Å². The number of aryl methyl sites for hydroxylation is 1. The van der Waals surface area contributed by atoms with Crippen molar-refractivity contribution in [1.82, 2.24) is 19.9 Å². The van der Waals surface area contributed by atoms with E-state index in [1.807, 2.05) is 14.0 Å². The highest BCUT2D eigenvalue weighted by Crippen LogP contribution is 2.35. The van der Waals surface area contributed by atoms with Gasteiger partial charge in [0.1, 0.15) is 23.3 Å². The normalized spacial score (nSPS) is 19.5. The van der Waals surface area contributed by atoms with Crippen molar-refractivity contribution in [2.24, 2.45) is 5.73 Å². The summed E-state index contributed by atoms with van der Waals surface area (Å²) in [6.07, 6.45) is 2.71. The number of benzene rings is 1. The Morgan fingerprint density at radius 1 is 1.23 bits per heavy atom. The van der Waals surface area contributed by atoms with E-state index in [0.717, 1.165) is 60.0 Å². The minimum absolute atomic E-state index is 0.260. The second-order valence-electron chi connectivity index (χ2n) is 7.14. The molecule has 7 heteroatoms. The third-order valence-electron chi connectivity index (χ3n) is 5.01. The van der Waals surface area contributed by atoms with Crippen LogP contribution in [0.1, 0.15) is 36.1 Å². The first-order chi connectivity index (χ1) is 12.5. The van der Waals surface area contributed by atoms with E-state index in [1.54, 1.807) is 6.07 Å². The fraction of sp³-hybridized carbons (Fsp3) is 0.421. The highest BCUT2D eigenvalue weighted by molar-refractivity contribution is 5.74. The molecule has 0 atom stereocenters. The van der Waals surface area contributed by atoms with Crippen molar-refractivity contribution in [1.29, 1.82) is 0 Å². The van der Waals surface area contributed by atoms with Gasteiger partial charge < -0.3 is 15.6 Å². The van der Waals surface area contributed by atoms with Crippen molar-refractivity contribution < 1.29 is 4.39 Å². The molecule has 26 heavy (non-hydrogen) atoms. The van der Waals surface area contributed by atoms with Gasteiger partial charge in [0.15, 0.2) is 0 Å². The number of rotatable bonds is 5. The van der Waals surface area contributed by atoms with Gasteiger partial charge in [0, 0.05) is 43.7 Å². The van der Waals surface area contributed by atoms with Gasteiger partial charge in [0.05, 0.1) is 11.0 Å². The van der Waals surface area contributed by atoms with Gasteiger partial charge in [0.25, 0.3) is 0 Å². The number of nitrogens with one attached hydrogen (secondary N) is 1. The van der Waals surface area contributed by atoms with Gasteiger partial charge in [-0.1, -0.05) is 0 Å². The SMILES string of the molecule is Cc1nc(C2CC(N)C2)cc(N(C)CCc2nc3ccc(F)cc3[nH]2)n1. The van der Waals surface area contributed by atoms with Crippen LogP contribution in [0.2, 0.25) is 0 Å². The molecule has 0 bridgehead atoms. The van der Waals surface area contributed by atoms with Gasteiger partial charge in [-0.2, -0.15) is 0 Å². The van der Waals surface area contributed by atoms with E-state index in [0.29, 0.717) is 12.0 Å². The third kappa shape index (κ3) is 3.39. The van der Waals surface area contributed by atoms with Gasteiger partial charge >= 0.3 is 0 Å². The third-order valence-corrected chi connectivity index (χ3v) is 5.01. The van der Waals surface area contributed by atoms with Gasteiger partial charge in [0.2, 0.25) is 0 Å². The summed E-state index contributed by atoms with van der Waals surface area (Å²) >= 11 is 0. The lowest BCUT2D eigenvalue weighted by molar-refractivity contribution is 0.344. The van der Waals surface area contributed by atoms with E-state index in [4.69, 9.17) is 5.73 Å². The number of nitrogens with two attached hydrogens (primary N) is 1. The summed E-state index contributed by atoms with van der Waals surface area (Å²) in [5, 5.41) is 0. The first-order valence-electron chi connectivity index (χ1n) is 8.94. The predicted octanol–water partition coefficient (Wildman–Crippen LogP) is 2.68. The van der Waals surface area contributed by atoms with Crippen LogP contribution in [0.25, 0.3) is 11.0 Å². The van der Waals surface area contributed by atoms with Crippen LogP contribution < -0.4 is 10.6 Å². The van der Waals surface area contributed by atoms with Crippen LogP contribution in [0.4, 0.5) is 10.2 Å². The predicted molar refractivity (Wildman–Crippen MR) is 99.7 cm³/mol. The van der Waals surface area contributed by atoms with E-state index in [1.165, 1.54) is 12.1 Å². The molecule has 3 aromatic rings. The molecule has 2 aromatic heterocycles. The standard InChI is InChI=1S/C19H23FN6/c1-11-22-16(12-7-14(21)8-12)10-19(23-11)26(2)6-5-18-24-15-4-3-13(20)9-17(15)25-18/h3-4,9-10,12,14H,5-8,21H2,1-2H3,(H,24,25). The molecule has 4 rings (SSSR count). The molecule has 6 nitrogen and oxygen atoms in total. The zero-order chi connectivity index (χ0) is 18.3. The first kappa shape index (κ1) is 16.9. The van der Waals surface area contributed by atoms with Crippen LogP contribution in [0.5, 0.6) is 0 Å². The summed E-state index contributed by atoms with van der Waals surface area (Å²) in [5.41, 5.74) is 8.50. The summed E-state index contributed by atoms with van der Waals surface area (Å²) in [4.78, 5) is 18.9. The minimum atomic E-state index is -0.260. The highest BCUT2D eigenvalue weighted by atomic mass is 19.1. The molecule has 0 saturated heterocycles. The molecule has 0 aliphatic heterocycles. The Morgan fingerprint density at radius 3 is 2.81 bits per heavy atom. The van der Waals surface area contributed by atoms with Crippen LogP contribution in [-0.4, -0.2) is 39.6 Å². The van der Waals surface area contributed by atoms with Crippen molar-refractivity contribution >= 4 is 16.9 Å². The van der Waals surface area contributed by atoms with E-state index in [9.17, 15) is 4.39 Å². The maximum atomic E-state index is 13.3. The summed E-state index contributed by atoms with van der Waals surface area (Å²) in [6.45, 7) is 2.68. The molecule has 1 fully saturated rings. The molecule has 3 N–H and O–H groups in total. The van der Waals surface area contributed by atoms with E-state index in [2.05, 4.69) is 30.9 Å². The van der Waals surface area contributed by atoms with E-state index < -0.39 is 0 Å². The topological polar surface area (TPSA) is 83.7 Å². The Kier molecular flexibility index (Phi) is 4.32. The maximum absolute atomic E-state index is 13.3. The number of likely N-dealkylation sites (N-methyl/N-ethyl adjacent to an activating group) is 1. The first-order valence-corrected chi connectivity index (χ1v) is 8.94. The number of hydrogen-bond donors (Lipinski definition) is 2. The lowest BCUT2D eigenvalue weighted by atomic mass is 9.78. The average Bonchev–Trinajstić information content (AvgIpc) is 2.98. The van der Waals surface area contributed by atoms with Crippen molar-refractivity contribution in [2.45, 2.75) is 38.1 Å². The van der Waals surface area contributed by atoms with Crippen LogP contribution in [0.3, 0.4) is 0 Å². The van der Waals surface area contributed by atoms with Crippen molar-refractivity contribution in [3.63, 3.8) is 0 Å². The molecule has 1 aliphatic carbocycles. The van der Waals surface area contributed by atoms with Crippen molar-refractivity contribution in [3.8, 4) is 0 Å². The van der Waals surface area contributed by atoms with Crippen molar-refractivity contribution in [2.75, 3.05) is 18.5 Å². The fourth-order valence-corrected chi connectivity index (χ4v) is 3.42. The Labute approximate surface area is 151 Å². The van der Waals surface area contributed by atoms with Gasteiger partial charge in [-0.15, -0.1) is 0 Å². The molecule has 0 unspecified atom stereocenters. The summed E-state index contributed by atoms with van der Waals surface area (Å²) in [5.74, 6) is 2.72. The molecular weight excluding hydrogens is 331 g/mol. The molecule has 136 valence electrons. The zero-order valence-corrected chi connectivity index (χ0v) is 15.0. The molecule has 1 aromatic carbocycles. The summed E-state index contributed by atoms with van der Waals surface area (Å²) in [6, 6.07) is 6.96. The molecular formula is C19H23FN6. The lowest BCUT2D eigenvalue weighted by Gasteiger charge is -2.32.